The Morgan fingerprint density at radius 3 is 1.43 bits per heavy atom. The minimum atomic E-state index is -1.33. The Labute approximate surface area is 134 Å². The van der Waals surface area contributed by atoms with E-state index in [1.165, 1.54) is 0 Å². The van der Waals surface area contributed by atoms with Crippen LogP contribution in [-0.2, 0) is 24.6 Å². The monoisotopic (exact) mass is 308 g/mol. The van der Waals surface area contributed by atoms with Crippen molar-refractivity contribution in [1.29, 1.82) is 0 Å². The lowest BCUT2D eigenvalue weighted by Gasteiger charge is -2.28. The molecule has 0 amide bonds. The predicted molar refractivity (Wildman–Crippen MR) is 85.0 cm³/mol. The number of carbonyl (C=O) groups is 4. The van der Waals surface area contributed by atoms with Crippen LogP contribution in [0, 0.1) is 0 Å². The van der Waals surface area contributed by atoms with E-state index in [2.05, 4.69) is 0 Å². The van der Waals surface area contributed by atoms with Crippen LogP contribution in [0.25, 0.3) is 0 Å². The Balaban J connectivity index is 2.60. The number of hydrogen-bond donors (Lipinski definition) is 0. The molecule has 0 aliphatic carbocycles. The lowest BCUT2D eigenvalue weighted by atomic mass is 9.71. The van der Waals surface area contributed by atoms with Crippen molar-refractivity contribution in [2.75, 3.05) is 0 Å². The van der Waals surface area contributed by atoms with Crippen LogP contribution in [0.3, 0.4) is 0 Å². The van der Waals surface area contributed by atoms with Gasteiger partial charge in [-0.2, -0.15) is 0 Å². The summed E-state index contributed by atoms with van der Waals surface area (Å²) in [6.45, 7) is 2.57. The summed E-state index contributed by atoms with van der Waals surface area (Å²) in [5, 5.41) is 0. The molecule has 0 saturated heterocycles. The fraction of sp³-hybridized carbons (Fsp3) is 0.158. The highest BCUT2D eigenvalue weighted by molar-refractivity contribution is 6.78. The summed E-state index contributed by atoms with van der Waals surface area (Å²) in [6.07, 6.45) is 0. The van der Waals surface area contributed by atoms with Gasteiger partial charge < -0.3 is 0 Å². The van der Waals surface area contributed by atoms with Crippen molar-refractivity contribution < 1.29 is 19.2 Å². The molecule has 23 heavy (non-hydrogen) atoms. The van der Waals surface area contributed by atoms with Crippen LogP contribution in [-0.4, -0.2) is 23.1 Å². The van der Waals surface area contributed by atoms with E-state index in [0.29, 0.717) is 11.1 Å². The molecule has 2 rings (SSSR count). The molecular formula is C19H16O4. The largest absolute Gasteiger partial charge is 0.291 e. The van der Waals surface area contributed by atoms with Crippen molar-refractivity contribution in [3.05, 3.63) is 71.8 Å². The van der Waals surface area contributed by atoms with Gasteiger partial charge in [-0.3, -0.25) is 19.2 Å². The summed E-state index contributed by atoms with van der Waals surface area (Å²) in [5.74, 6) is -4.41. The second-order valence-electron chi connectivity index (χ2n) is 5.40. The molecule has 4 heteroatoms. The average molecular weight is 308 g/mol. The molecule has 0 spiro atoms. The zero-order chi connectivity index (χ0) is 17.0. The zero-order valence-corrected chi connectivity index (χ0v) is 12.9. The van der Waals surface area contributed by atoms with Crippen LogP contribution in [0.15, 0.2) is 60.7 Å². The summed E-state index contributed by atoms with van der Waals surface area (Å²) < 4.78 is 0. The van der Waals surface area contributed by atoms with Gasteiger partial charge in [-0.1, -0.05) is 60.7 Å². The van der Waals surface area contributed by atoms with Gasteiger partial charge >= 0.3 is 0 Å². The van der Waals surface area contributed by atoms with Gasteiger partial charge in [0.15, 0.2) is 0 Å². The first kappa shape index (κ1) is 16.5. The highest BCUT2D eigenvalue weighted by Gasteiger charge is 2.43. The van der Waals surface area contributed by atoms with Crippen LogP contribution in [0.1, 0.15) is 25.0 Å². The standard InChI is InChI=1S/C19H16O4/c1-13(20)16(21)17(22)18(23)19(2,14-9-5-3-6-10-14)15-11-7-4-8-12-15/h3-12H,1-2H3. The van der Waals surface area contributed by atoms with E-state index in [0.717, 1.165) is 6.92 Å². The fourth-order valence-corrected chi connectivity index (χ4v) is 2.46. The van der Waals surface area contributed by atoms with Crippen molar-refractivity contribution in [2.45, 2.75) is 19.3 Å². The van der Waals surface area contributed by atoms with Gasteiger partial charge in [0.1, 0.15) is 0 Å². The molecular weight excluding hydrogens is 292 g/mol. The van der Waals surface area contributed by atoms with Crippen molar-refractivity contribution >= 4 is 23.1 Å². The number of hydrogen-bond acceptors (Lipinski definition) is 4. The van der Waals surface area contributed by atoms with E-state index in [1.807, 2.05) is 0 Å². The molecule has 2 aromatic carbocycles. The molecule has 0 bridgehead atoms. The molecule has 0 aliphatic rings. The predicted octanol–water partition coefficient (Wildman–Crippen LogP) is 2.29. The van der Waals surface area contributed by atoms with E-state index < -0.39 is 28.5 Å². The molecule has 0 radical (unpaired) electrons. The van der Waals surface area contributed by atoms with Gasteiger partial charge in [0.2, 0.25) is 11.6 Å². The van der Waals surface area contributed by atoms with E-state index in [4.69, 9.17) is 0 Å². The minimum absolute atomic E-state index is 0.584. The lowest BCUT2D eigenvalue weighted by Crippen LogP contribution is -2.43. The van der Waals surface area contributed by atoms with Crippen LogP contribution >= 0.6 is 0 Å². The summed E-state index contributed by atoms with van der Waals surface area (Å²) in [4.78, 5) is 47.8. The number of ketones is 4. The summed E-state index contributed by atoms with van der Waals surface area (Å²) >= 11 is 0. The third-order valence-electron chi connectivity index (χ3n) is 3.89. The first-order valence-corrected chi connectivity index (χ1v) is 7.14. The lowest BCUT2D eigenvalue weighted by molar-refractivity contribution is -0.148. The molecule has 116 valence electrons. The first-order chi connectivity index (χ1) is 10.9. The number of carbonyl (C=O) groups excluding carboxylic acids is 4. The van der Waals surface area contributed by atoms with Gasteiger partial charge in [-0.15, -0.1) is 0 Å². The van der Waals surface area contributed by atoms with Crippen LogP contribution < -0.4 is 0 Å². The van der Waals surface area contributed by atoms with Gasteiger partial charge in [-0.05, 0) is 18.1 Å². The molecule has 0 fully saturated rings. The second-order valence-corrected chi connectivity index (χ2v) is 5.40. The number of rotatable bonds is 6. The van der Waals surface area contributed by atoms with Gasteiger partial charge in [0, 0.05) is 6.92 Å². The van der Waals surface area contributed by atoms with Crippen molar-refractivity contribution in [3.8, 4) is 0 Å². The minimum Gasteiger partial charge on any atom is -0.291 e. The SMILES string of the molecule is CC(=O)C(=O)C(=O)C(=O)C(C)(c1ccccc1)c1ccccc1. The maximum absolute atomic E-state index is 12.8. The van der Waals surface area contributed by atoms with Crippen molar-refractivity contribution in [2.24, 2.45) is 0 Å². The average Bonchev–Trinajstić information content (AvgIpc) is 2.60. The third kappa shape index (κ3) is 3.01. The van der Waals surface area contributed by atoms with E-state index in [-0.39, 0.29) is 0 Å². The molecule has 4 nitrogen and oxygen atoms in total. The van der Waals surface area contributed by atoms with Gasteiger partial charge in [0.25, 0.3) is 11.6 Å². The summed E-state index contributed by atoms with van der Waals surface area (Å²) in [6, 6.07) is 17.5. The van der Waals surface area contributed by atoms with Gasteiger partial charge in [0.05, 0.1) is 5.41 Å². The highest BCUT2D eigenvalue weighted by atomic mass is 16.2. The van der Waals surface area contributed by atoms with E-state index in [9.17, 15) is 19.2 Å². The zero-order valence-electron chi connectivity index (χ0n) is 12.9. The maximum Gasteiger partial charge on any atom is 0.273 e. The molecule has 0 saturated carbocycles. The Hall–Kier alpha value is -2.88. The number of benzene rings is 2. The third-order valence-corrected chi connectivity index (χ3v) is 3.89. The Morgan fingerprint density at radius 1 is 0.696 bits per heavy atom. The Morgan fingerprint density at radius 2 is 1.09 bits per heavy atom. The quantitative estimate of drug-likeness (QED) is 0.606. The smallest absolute Gasteiger partial charge is 0.273 e. The van der Waals surface area contributed by atoms with Crippen LogP contribution in [0.4, 0.5) is 0 Å². The van der Waals surface area contributed by atoms with Crippen LogP contribution in [0.2, 0.25) is 0 Å². The molecule has 2 aromatic rings. The summed E-state index contributed by atoms with van der Waals surface area (Å²) in [7, 11) is 0. The maximum atomic E-state index is 12.8. The molecule has 0 N–H and O–H groups in total. The number of Topliss-reactive ketones (excluding diaryl/α,β-unsaturated/α-hetero) is 4. The molecule has 0 heterocycles. The van der Waals surface area contributed by atoms with E-state index in [1.54, 1.807) is 67.6 Å². The Kier molecular flexibility index (Phi) is 4.65. The first-order valence-electron chi connectivity index (χ1n) is 7.14. The normalized spacial score (nSPS) is 10.9. The van der Waals surface area contributed by atoms with Crippen LogP contribution in [0.5, 0.6) is 0 Å². The fourth-order valence-electron chi connectivity index (χ4n) is 2.46. The molecule has 0 aliphatic heterocycles. The molecule has 0 unspecified atom stereocenters. The Bertz CT molecular complexity index is 721. The van der Waals surface area contributed by atoms with E-state index >= 15 is 0 Å². The molecule has 0 aromatic heterocycles. The summed E-state index contributed by atoms with van der Waals surface area (Å²) in [5.41, 5.74) is -0.160. The van der Waals surface area contributed by atoms with Gasteiger partial charge in [-0.25, -0.2) is 0 Å². The topological polar surface area (TPSA) is 68.3 Å². The molecule has 0 atom stereocenters. The van der Waals surface area contributed by atoms with Crippen molar-refractivity contribution in [1.82, 2.24) is 0 Å². The van der Waals surface area contributed by atoms with Crippen molar-refractivity contribution in [3.63, 3.8) is 0 Å². The second kappa shape index (κ2) is 6.48. The highest BCUT2D eigenvalue weighted by Crippen LogP contribution is 2.33.